The Kier molecular flexibility index (Phi) is 4.76. The molecule has 0 N–H and O–H groups in total. The van der Waals surface area contributed by atoms with Crippen LogP contribution in [0.5, 0.6) is 5.75 Å². The number of hydrogen-bond donors (Lipinski definition) is 0. The van der Waals surface area contributed by atoms with Gasteiger partial charge in [-0.25, -0.2) is 4.39 Å². The van der Waals surface area contributed by atoms with Crippen LogP contribution in [-0.4, -0.2) is 12.9 Å². The third kappa shape index (κ3) is 3.54. The van der Waals surface area contributed by atoms with Crippen LogP contribution in [0.4, 0.5) is 4.39 Å². The van der Waals surface area contributed by atoms with E-state index in [2.05, 4.69) is 15.9 Å². The lowest BCUT2D eigenvalue weighted by Gasteiger charge is -2.04. The molecule has 0 saturated carbocycles. The third-order valence-electron chi connectivity index (χ3n) is 3.70. The summed E-state index contributed by atoms with van der Waals surface area (Å²) in [6.45, 7) is 0. The van der Waals surface area contributed by atoms with E-state index in [-0.39, 0.29) is 11.6 Å². The van der Waals surface area contributed by atoms with Gasteiger partial charge < -0.3 is 4.74 Å². The zero-order chi connectivity index (χ0) is 17.1. The topological polar surface area (TPSA) is 26.3 Å². The largest absolute Gasteiger partial charge is 0.497 e. The third-order valence-corrected chi connectivity index (χ3v) is 4.20. The zero-order valence-electron chi connectivity index (χ0n) is 12.9. The van der Waals surface area contributed by atoms with Crippen molar-refractivity contribution < 1.29 is 13.9 Å². The number of allylic oxidation sites excluding steroid dienone is 1. The van der Waals surface area contributed by atoms with Gasteiger partial charge in [-0.1, -0.05) is 34.1 Å². The van der Waals surface area contributed by atoms with Crippen LogP contribution in [-0.2, 0) is 0 Å². The van der Waals surface area contributed by atoms with Gasteiger partial charge in [-0.3, -0.25) is 4.79 Å². The Hall–Kier alpha value is -2.46. The van der Waals surface area contributed by atoms with Crippen LogP contribution in [0.25, 0.3) is 16.8 Å². The molecular formula is C20H14BrFO2. The maximum Gasteiger partial charge on any atom is 0.185 e. The highest BCUT2D eigenvalue weighted by Crippen LogP contribution is 2.22. The van der Waals surface area contributed by atoms with E-state index in [9.17, 15) is 9.18 Å². The Labute approximate surface area is 147 Å². The van der Waals surface area contributed by atoms with Crippen LogP contribution >= 0.6 is 15.9 Å². The SMILES string of the molecule is COc1ccc2cc(C(=O)/C=C/c3cc(Br)ccc3F)ccc2c1. The standard InChI is InChI=1S/C20H14BrFO2/c1-24-18-7-4-13-10-16(3-2-14(13)12-18)20(23)9-5-15-11-17(21)6-8-19(15)22/h2-12H,1H3/b9-5+. The lowest BCUT2D eigenvalue weighted by atomic mass is 10.0. The van der Waals surface area contributed by atoms with Gasteiger partial charge in [-0.2, -0.15) is 0 Å². The fraction of sp³-hybridized carbons (Fsp3) is 0.0500. The number of benzene rings is 3. The molecular weight excluding hydrogens is 371 g/mol. The van der Waals surface area contributed by atoms with Crippen LogP contribution in [0, 0.1) is 5.82 Å². The normalized spacial score (nSPS) is 11.1. The summed E-state index contributed by atoms with van der Waals surface area (Å²) >= 11 is 3.29. The molecule has 0 aromatic heterocycles. The Morgan fingerprint density at radius 1 is 1.04 bits per heavy atom. The molecule has 0 unspecified atom stereocenters. The van der Waals surface area contributed by atoms with Gasteiger partial charge >= 0.3 is 0 Å². The Balaban J connectivity index is 1.88. The molecule has 0 heterocycles. The summed E-state index contributed by atoms with van der Waals surface area (Å²) in [6, 6.07) is 15.7. The van der Waals surface area contributed by atoms with Crippen molar-refractivity contribution in [2.75, 3.05) is 7.11 Å². The van der Waals surface area contributed by atoms with Crippen molar-refractivity contribution in [1.82, 2.24) is 0 Å². The maximum atomic E-state index is 13.7. The molecule has 3 rings (SSSR count). The summed E-state index contributed by atoms with van der Waals surface area (Å²) in [4.78, 5) is 12.3. The molecule has 0 saturated heterocycles. The monoisotopic (exact) mass is 384 g/mol. The molecule has 3 aromatic rings. The molecule has 3 aromatic carbocycles. The van der Waals surface area contributed by atoms with E-state index in [0.29, 0.717) is 11.1 Å². The van der Waals surface area contributed by atoms with Crippen LogP contribution in [0.1, 0.15) is 15.9 Å². The van der Waals surface area contributed by atoms with E-state index in [1.54, 1.807) is 25.3 Å². The van der Waals surface area contributed by atoms with E-state index >= 15 is 0 Å². The van der Waals surface area contributed by atoms with Crippen molar-refractivity contribution in [1.29, 1.82) is 0 Å². The summed E-state index contributed by atoms with van der Waals surface area (Å²) in [5.74, 6) is 0.228. The summed E-state index contributed by atoms with van der Waals surface area (Å²) in [5.41, 5.74) is 0.919. The Morgan fingerprint density at radius 2 is 1.79 bits per heavy atom. The molecule has 2 nitrogen and oxygen atoms in total. The molecule has 0 fully saturated rings. The number of methoxy groups -OCH3 is 1. The van der Waals surface area contributed by atoms with Crippen LogP contribution < -0.4 is 4.74 Å². The molecule has 24 heavy (non-hydrogen) atoms. The van der Waals surface area contributed by atoms with E-state index < -0.39 is 0 Å². The lowest BCUT2D eigenvalue weighted by molar-refractivity contribution is 0.104. The number of rotatable bonds is 4. The molecule has 0 aliphatic heterocycles. The molecule has 0 aliphatic carbocycles. The molecule has 0 spiro atoms. The van der Waals surface area contributed by atoms with Gasteiger partial charge in [0, 0.05) is 15.6 Å². The summed E-state index contributed by atoms with van der Waals surface area (Å²) in [7, 11) is 1.62. The number of halogens is 2. The smallest absolute Gasteiger partial charge is 0.185 e. The highest BCUT2D eigenvalue weighted by molar-refractivity contribution is 9.10. The molecule has 4 heteroatoms. The Morgan fingerprint density at radius 3 is 2.58 bits per heavy atom. The van der Waals surface area contributed by atoms with Gasteiger partial charge in [0.1, 0.15) is 11.6 Å². The van der Waals surface area contributed by atoms with Crippen molar-refractivity contribution >= 4 is 38.6 Å². The second-order valence-corrected chi connectivity index (χ2v) is 6.21. The molecule has 0 aliphatic rings. The highest BCUT2D eigenvalue weighted by Gasteiger charge is 2.05. The number of carbonyl (C=O) groups is 1. The second kappa shape index (κ2) is 6.97. The number of ether oxygens (including phenoxy) is 1. The fourth-order valence-corrected chi connectivity index (χ4v) is 2.79. The van der Waals surface area contributed by atoms with Crippen LogP contribution in [0.15, 0.2) is 65.1 Å². The van der Waals surface area contributed by atoms with E-state index in [4.69, 9.17) is 4.74 Å². The van der Waals surface area contributed by atoms with Gasteiger partial charge in [0.05, 0.1) is 7.11 Å². The summed E-state index contributed by atoms with van der Waals surface area (Å²) < 4.78 is 19.7. The van der Waals surface area contributed by atoms with Crippen LogP contribution in [0.3, 0.4) is 0 Å². The lowest BCUT2D eigenvalue weighted by Crippen LogP contribution is -1.94. The minimum Gasteiger partial charge on any atom is -0.497 e. The minimum absolute atomic E-state index is 0.174. The fourth-order valence-electron chi connectivity index (χ4n) is 2.41. The number of fused-ring (bicyclic) bond motifs is 1. The van der Waals surface area contributed by atoms with Crippen molar-refractivity contribution in [2.24, 2.45) is 0 Å². The van der Waals surface area contributed by atoms with E-state index in [1.807, 2.05) is 30.3 Å². The van der Waals surface area contributed by atoms with E-state index in [1.165, 1.54) is 18.2 Å². The number of carbonyl (C=O) groups excluding carboxylic acids is 1. The van der Waals surface area contributed by atoms with Crippen molar-refractivity contribution in [3.63, 3.8) is 0 Å². The number of ketones is 1. The average Bonchev–Trinajstić information content (AvgIpc) is 2.61. The number of hydrogen-bond acceptors (Lipinski definition) is 2. The van der Waals surface area contributed by atoms with Gasteiger partial charge in [0.15, 0.2) is 5.78 Å². The maximum absolute atomic E-state index is 13.7. The predicted molar refractivity (Wildman–Crippen MR) is 98.0 cm³/mol. The van der Waals surface area contributed by atoms with Gasteiger partial charge in [-0.05, 0) is 59.3 Å². The summed E-state index contributed by atoms with van der Waals surface area (Å²) in [6.07, 6.45) is 2.87. The van der Waals surface area contributed by atoms with Crippen molar-refractivity contribution in [3.05, 3.63) is 82.1 Å². The molecule has 0 amide bonds. The van der Waals surface area contributed by atoms with E-state index in [0.717, 1.165) is 21.0 Å². The quantitative estimate of drug-likeness (QED) is 0.429. The molecule has 0 radical (unpaired) electrons. The first-order valence-electron chi connectivity index (χ1n) is 7.32. The van der Waals surface area contributed by atoms with Crippen molar-refractivity contribution in [3.8, 4) is 5.75 Å². The Bertz CT molecular complexity index is 948. The molecule has 0 atom stereocenters. The second-order valence-electron chi connectivity index (χ2n) is 5.29. The minimum atomic E-state index is -0.368. The zero-order valence-corrected chi connectivity index (χ0v) is 14.5. The van der Waals surface area contributed by atoms with Gasteiger partial charge in [0.25, 0.3) is 0 Å². The first kappa shape index (κ1) is 16.4. The molecule has 0 bridgehead atoms. The predicted octanol–water partition coefficient (Wildman–Crippen LogP) is 5.65. The average molecular weight is 385 g/mol. The first-order chi connectivity index (χ1) is 11.6. The summed E-state index contributed by atoms with van der Waals surface area (Å²) in [5, 5.41) is 1.94. The van der Waals surface area contributed by atoms with Gasteiger partial charge in [-0.15, -0.1) is 0 Å². The van der Waals surface area contributed by atoms with Crippen molar-refractivity contribution in [2.45, 2.75) is 0 Å². The molecule has 120 valence electrons. The highest BCUT2D eigenvalue weighted by atomic mass is 79.9. The first-order valence-corrected chi connectivity index (χ1v) is 8.11. The van der Waals surface area contributed by atoms with Gasteiger partial charge in [0.2, 0.25) is 0 Å². The van der Waals surface area contributed by atoms with Crippen LogP contribution in [0.2, 0.25) is 0 Å².